The molecule has 0 aromatic heterocycles. The van der Waals surface area contributed by atoms with Gasteiger partial charge in [0.05, 0.1) is 5.56 Å². The van der Waals surface area contributed by atoms with Crippen molar-refractivity contribution in [1.29, 1.82) is 0 Å². The monoisotopic (exact) mass is 300 g/mol. The van der Waals surface area contributed by atoms with Gasteiger partial charge in [0.25, 0.3) is 10.2 Å². The summed E-state index contributed by atoms with van der Waals surface area (Å²) in [6.45, 7) is 3.70. The van der Waals surface area contributed by atoms with Gasteiger partial charge in [0, 0.05) is 19.6 Å². The zero-order valence-corrected chi connectivity index (χ0v) is 12.6. The molecule has 1 aromatic rings. The molecule has 0 heterocycles. The van der Waals surface area contributed by atoms with E-state index in [2.05, 4.69) is 4.72 Å². The van der Waals surface area contributed by atoms with Gasteiger partial charge in [0.1, 0.15) is 0 Å². The van der Waals surface area contributed by atoms with Crippen LogP contribution in [0.25, 0.3) is 0 Å². The van der Waals surface area contributed by atoms with Gasteiger partial charge in [-0.2, -0.15) is 17.4 Å². The van der Waals surface area contributed by atoms with Crippen LogP contribution in [0.1, 0.15) is 29.8 Å². The number of hydrogen-bond donors (Lipinski definition) is 2. The maximum absolute atomic E-state index is 11.9. The molecule has 0 aliphatic carbocycles. The molecule has 0 bridgehead atoms. The van der Waals surface area contributed by atoms with E-state index in [1.54, 1.807) is 32.0 Å². The largest absolute Gasteiger partial charge is 0.478 e. The van der Waals surface area contributed by atoms with Crippen LogP contribution in [0.4, 0.5) is 0 Å². The lowest BCUT2D eigenvalue weighted by Crippen LogP contribution is -2.42. The van der Waals surface area contributed by atoms with Crippen LogP contribution in [-0.2, 0) is 16.6 Å². The van der Waals surface area contributed by atoms with E-state index < -0.39 is 16.2 Å². The predicted molar refractivity (Wildman–Crippen MR) is 76.9 cm³/mol. The molecule has 2 N–H and O–H groups in total. The molecular formula is C13H20N2O4S. The Morgan fingerprint density at radius 1 is 1.35 bits per heavy atom. The summed E-state index contributed by atoms with van der Waals surface area (Å²) in [4.78, 5) is 11.1. The third-order valence-electron chi connectivity index (χ3n) is 2.74. The van der Waals surface area contributed by atoms with Gasteiger partial charge in [-0.15, -0.1) is 0 Å². The number of benzene rings is 1. The Morgan fingerprint density at radius 2 is 1.95 bits per heavy atom. The SMILES string of the molecule is CC(C)NS(=O)(=O)N(C)CCc1ccccc1C(=O)O. The van der Waals surface area contributed by atoms with Crippen LogP contribution in [0, 0.1) is 0 Å². The second-order valence-corrected chi connectivity index (χ2v) is 6.62. The van der Waals surface area contributed by atoms with E-state index in [0.29, 0.717) is 12.0 Å². The molecule has 0 fully saturated rings. The highest BCUT2D eigenvalue weighted by Crippen LogP contribution is 2.10. The number of nitrogens with zero attached hydrogens (tertiary/aromatic N) is 1. The molecule has 112 valence electrons. The quantitative estimate of drug-likeness (QED) is 0.789. The van der Waals surface area contributed by atoms with E-state index in [1.807, 2.05) is 0 Å². The number of hydrogen-bond acceptors (Lipinski definition) is 3. The Bertz CT molecular complexity index is 569. The molecule has 0 saturated carbocycles. The lowest BCUT2D eigenvalue weighted by Gasteiger charge is -2.19. The van der Waals surface area contributed by atoms with Crippen molar-refractivity contribution in [3.63, 3.8) is 0 Å². The van der Waals surface area contributed by atoms with Crippen molar-refractivity contribution >= 4 is 16.2 Å². The Hall–Kier alpha value is -1.44. The molecule has 0 atom stereocenters. The van der Waals surface area contributed by atoms with E-state index in [9.17, 15) is 13.2 Å². The van der Waals surface area contributed by atoms with Crippen LogP contribution in [0.2, 0.25) is 0 Å². The smallest absolute Gasteiger partial charge is 0.335 e. The number of carboxylic acids is 1. The minimum atomic E-state index is -3.53. The second kappa shape index (κ2) is 6.83. The number of carboxylic acid groups (broad SMARTS) is 1. The van der Waals surface area contributed by atoms with Crippen LogP contribution >= 0.6 is 0 Å². The Morgan fingerprint density at radius 3 is 2.50 bits per heavy atom. The van der Waals surface area contributed by atoms with Crippen molar-refractivity contribution in [1.82, 2.24) is 9.03 Å². The number of carbonyl (C=O) groups is 1. The second-order valence-electron chi connectivity index (χ2n) is 4.81. The zero-order valence-electron chi connectivity index (χ0n) is 11.8. The summed E-state index contributed by atoms with van der Waals surface area (Å²) in [5.74, 6) is -1.01. The Labute approximate surface area is 119 Å². The summed E-state index contributed by atoms with van der Waals surface area (Å²) in [6, 6.07) is 6.41. The third kappa shape index (κ3) is 4.59. The maximum Gasteiger partial charge on any atom is 0.335 e. The molecule has 0 radical (unpaired) electrons. The summed E-state index contributed by atoms with van der Waals surface area (Å²) in [5, 5.41) is 9.07. The van der Waals surface area contributed by atoms with Crippen LogP contribution in [0.5, 0.6) is 0 Å². The van der Waals surface area contributed by atoms with Gasteiger partial charge < -0.3 is 5.11 Å². The lowest BCUT2D eigenvalue weighted by atomic mass is 10.1. The minimum Gasteiger partial charge on any atom is -0.478 e. The molecule has 0 aliphatic rings. The summed E-state index contributed by atoms with van der Waals surface area (Å²) in [7, 11) is -2.06. The fraction of sp³-hybridized carbons (Fsp3) is 0.462. The van der Waals surface area contributed by atoms with E-state index in [4.69, 9.17) is 5.11 Å². The third-order valence-corrected chi connectivity index (χ3v) is 4.51. The van der Waals surface area contributed by atoms with Crippen molar-refractivity contribution in [2.45, 2.75) is 26.3 Å². The van der Waals surface area contributed by atoms with Gasteiger partial charge in [0.15, 0.2) is 0 Å². The van der Waals surface area contributed by atoms with Crippen molar-refractivity contribution in [2.24, 2.45) is 0 Å². The number of nitrogens with one attached hydrogen (secondary N) is 1. The first-order chi connectivity index (χ1) is 9.24. The van der Waals surface area contributed by atoms with E-state index >= 15 is 0 Å². The van der Waals surface area contributed by atoms with Gasteiger partial charge in [-0.1, -0.05) is 18.2 Å². The first-order valence-electron chi connectivity index (χ1n) is 6.29. The van der Waals surface area contributed by atoms with Gasteiger partial charge in [0.2, 0.25) is 0 Å². The van der Waals surface area contributed by atoms with E-state index in [1.165, 1.54) is 17.4 Å². The molecule has 0 saturated heterocycles. The van der Waals surface area contributed by atoms with E-state index in [0.717, 1.165) is 0 Å². The van der Waals surface area contributed by atoms with Crippen molar-refractivity contribution < 1.29 is 18.3 Å². The van der Waals surface area contributed by atoms with Crippen molar-refractivity contribution in [3.05, 3.63) is 35.4 Å². The van der Waals surface area contributed by atoms with Gasteiger partial charge >= 0.3 is 5.97 Å². The normalized spacial score (nSPS) is 12.1. The molecule has 1 rings (SSSR count). The molecule has 0 amide bonds. The molecule has 1 aromatic carbocycles. The van der Waals surface area contributed by atoms with Crippen LogP contribution < -0.4 is 4.72 Å². The highest BCUT2D eigenvalue weighted by molar-refractivity contribution is 7.87. The maximum atomic E-state index is 11.9. The molecule has 7 heteroatoms. The first kappa shape index (κ1) is 16.6. The summed E-state index contributed by atoms with van der Waals surface area (Å²) in [5.41, 5.74) is 0.821. The first-order valence-corrected chi connectivity index (χ1v) is 7.73. The highest BCUT2D eigenvalue weighted by Gasteiger charge is 2.19. The summed E-state index contributed by atoms with van der Waals surface area (Å²) >= 11 is 0. The minimum absolute atomic E-state index is 0.186. The molecule has 0 spiro atoms. The summed E-state index contributed by atoms with van der Waals surface area (Å²) in [6.07, 6.45) is 0.345. The number of likely N-dealkylation sites (N-methyl/N-ethyl adjacent to an activating group) is 1. The average molecular weight is 300 g/mol. The fourth-order valence-corrected chi connectivity index (χ4v) is 2.84. The van der Waals surface area contributed by atoms with Crippen LogP contribution in [0.15, 0.2) is 24.3 Å². The van der Waals surface area contributed by atoms with Gasteiger partial charge in [-0.25, -0.2) is 4.79 Å². The lowest BCUT2D eigenvalue weighted by molar-refractivity contribution is 0.0695. The number of aromatic carboxylic acids is 1. The molecule has 0 aliphatic heterocycles. The molecule has 0 unspecified atom stereocenters. The highest BCUT2D eigenvalue weighted by atomic mass is 32.2. The van der Waals surface area contributed by atoms with Gasteiger partial charge in [-0.05, 0) is 31.9 Å². The molecular weight excluding hydrogens is 280 g/mol. The van der Waals surface area contributed by atoms with Crippen molar-refractivity contribution in [2.75, 3.05) is 13.6 Å². The fourth-order valence-electron chi connectivity index (χ4n) is 1.73. The predicted octanol–water partition coefficient (Wildman–Crippen LogP) is 1.10. The topological polar surface area (TPSA) is 86.7 Å². The summed E-state index contributed by atoms with van der Waals surface area (Å²) < 4.78 is 27.4. The van der Waals surface area contributed by atoms with Crippen molar-refractivity contribution in [3.8, 4) is 0 Å². The Kier molecular flexibility index (Phi) is 5.67. The van der Waals surface area contributed by atoms with E-state index in [-0.39, 0.29) is 18.2 Å². The standard InChI is InChI=1S/C13H20N2O4S/c1-10(2)14-20(18,19)15(3)9-8-11-6-4-5-7-12(11)13(16)17/h4-7,10,14H,8-9H2,1-3H3,(H,16,17). The van der Waals surface area contributed by atoms with Gasteiger partial charge in [-0.3, -0.25) is 0 Å². The number of rotatable bonds is 7. The Balaban J connectivity index is 2.75. The van der Waals surface area contributed by atoms with Crippen LogP contribution in [-0.4, -0.2) is 43.4 Å². The molecule has 6 nitrogen and oxygen atoms in total. The average Bonchev–Trinajstić information content (AvgIpc) is 2.34. The molecule has 20 heavy (non-hydrogen) atoms. The van der Waals surface area contributed by atoms with Crippen LogP contribution in [0.3, 0.4) is 0 Å². The zero-order chi connectivity index (χ0) is 15.3.